The second-order valence-corrected chi connectivity index (χ2v) is 5.80. The second kappa shape index (κ2) is 7.66. The molecule has 0 radical (unpaired) electrons. The molecule has 0 N–H and O–H groups in total. The fraction of sp³-hybridized carbons (Fsp3) is 0.0909. The summed E-state index contributed by atoms with van der Waals surface area (Å²) in [4.78, 5) is 24.1. The Labute approximate surface area is 151 Å². The lowest BCUT2D eigenvalue weighted by molar-refractivity contribution is 0.0693. The van der Waals surface area contributed by atoms with Gasteiger partial charge < -0.3 is 9.15 Å². The van der Waals surface area contributed by atoms with Crippen molar-refractivity contribution in [3.63, 3.8) is 0 Å². The zero-order valence-corrected chi connectivity index (χ0v) is 14.6. The molecular formula is C22H18O4. The predicted octanol–water partition coefficient (Wildman–Crippen LogP) is 5.15. The van der Waals surface area contributed by atoms with Gasteiger partial charge in [0.1, 0.15) is 17.3 Å². The number of rotatable bonds is 5. The molecule has 0 bridgehead atoms. The molecule has 0 aliphatic rings. The molecule has 130 valence electrons. The minimum atomic E-state index is -0.462. The first kappa shape index (κ1) is 17.4. The molecule has 26 heavy (non-hydrogen) atoms. The van der Waals surface area contributed by atoms with E-state index in [0.29, 0.717) is 28.4 Å². The van der Waals surface area contributed by atoms with Gasteiger partial charge >= 0.3 is 5.97 Å². The van der Waals surface area contributed by atoms with Crippen LogP contribution in [0.2, 0.25) is 0 Å². The average Bonchev–Trinajstić information content (AvgIpc) is 3.03. The van der Waals surface area contributed by atoms with E-state index in [9.17, 15) is 9.59 Å². The van der Waals surface area contributed by atoms with Crippen LogP contribution in [-0.2, 0) is 4.74 Å². The van der Waals surface area contributed by atoms with Crippen molar-refractivity contribution < 1.29 is 18.7 Å². The standard InChI is InChI=1S/C22H18O4/c1-15(23)20-13-19(25-16(20)2)14-21(17-9-5-3-6-10-17)26-22(24)18-11-7-4-8-12-18/h3-14H,1-2H3/b21-14+. The summed E-state index contributed by atoms with van der Waals surface area (Å²) < 4.78 is 11.2. The van der Waals surface area contributed by atoms with Gasteiger partial charge in [-0.05, 0) is 32.0 Å². The van der Waals surface area contributed by atoms with Gasteiger partial charge in [-0.2, -0.15) is 0 Å². The molecule has 0 unspecified atom stereocenters. The van der Waals surface area contributed by atoms with Gasteiger partial charge in [-0.15, -0.1) is 0 Å². The van der Waals surface area contributed by atoms with Crippen LogP contribution in [0, 0.1) is 6.92 Å². The van der Waals surface area contributed by atoms with Crippen LogP contribution in [0.4, 0.5) is 0 Å². The van der Waals surface area contributed by atoms with Crippen LogP contribution < -0.4 is 0 Å². The van der Waals surface area contributed by atoms with Crippen LogP contribution in [0.1, 0.15) is 44.7 Å². The zero-order valence-electron chi connectivity index (χ0n) is 14.6. The van der Waals surface area contributed by atoms with Gasteiger partial charge in [0.15, 0.2) is 5.78 Å². The highest BCUT2D eigenvalue weighted by atomic mass is 16.5. The summed E-state index contributed by atoms with van der Waals surface area (Å²) in [6.45, 7) is 3.21. The summed E-state index contributed by atoms with van der Waals surface area (Å²) in [5.41, 5.74) is 1.70. The van der Waals surface area contributed by atoms with Gasteiger partial charge in [-0.3, -0.25) is 4.79 Å². The Morgan fingerprint density at radius 2 is 1.50 bits per heavy atom. The van der Waals surface area contributed by atoms with Gasteiger partial charge in [-0.1, -0.05) is 48.5 Å². The number of carbonyl (C=O) groups excluding carboxylic acids is 2. The molecule has 3 rings (SSSR count). The summed E-state index contributed by atoms with van der Waals surface area (Å²) in [6.07, 6.45) is 1.62. The van der Waals surface area contributed by atoms with E-state index in [0.717, 1.165) is 5.56 Å². The molecule has 1 heterocycles. The van der Waals surface area contributed by atoms with Crippen molar-refractivity contribution in [2.75, 3.05) is 0 Å². The smallest absolute Gasteiger partial charge is 0.343 e. The number of ether oxygens (including phenoxy) is 1. The van der Waals surface area contributed by atoms with Crippen LogP contribution in [0.3, 0.4) is 0 Å². The first-order chi connectivity index (χ1) is 12.5. The number of hydrogen-bond acceptors (Lipinski definition) is 4. The molecule has 0 amide bonds. The van der Waals surface area contributed by atoms with Crippen molar-refractivity contribution in [3.8, 4) is 0 Å². The number of aryl methyl sites for hydroxylation is 1. The van der Waals surface area contributed by atoms with E-state index >= 15 is 0 Å². The minimum absolute atomic E-state index is 0.0755. The van der Waals surface area contributed by atoms with E-state index in [2.05, 4.69) is 0 Å². The molecule has 2 aromatic carbocycles. The maximum Gasteiger partial charge on any atom is 0.343 e. The topological polar surface area (TPSA) is 56.5 Å². The van der Waals surface area contributed by atoms with Gasteiger partial charge in [0.25, 0.3) is 0 Å². The fourth-order valence-corrected chi connectivity index (χ4v) is 2.56. The quantitative estimate of drug-likeness (QED) is 0.364. The summed E-state index contributed by atoms with van der Waals surface area (Å²) in [5, 5.41) is 0. The van der Waals surface area contributed by atoms with Crippen molar-refractivity contribution in [2.45, 2.75) is 13.8 Å². The molecule has 0 saturated heterocycles. The Balaban J connectivity index is 1.98. The third-order valence-electron chi connectivity index (χ3n) is 3.86. The van der Waals surface area contributed by atoms with E-state index in [1.165, 1.54) is 6.92 Å². The Kier molecular flexibility index (Phi) is 5.13. The molecular weight excluding hydrogens is 328 g/mol. The molecule has 0 saturated carbocycles. The third kappa shape index (κ3) is 3.98. The van der Waals surface area contributed by atoms with Gasteiger partial charge in [0.05, 0.1) is 11.1 Å². The zero-order chi connectivity index (χ0) is 18.5. The number of furan rings is 1. The molecule has 4 nitrogen and oxygen atoms in total. The second-order valence-electron chi connectivity index (χ2n) is 5.80. The molecule has 4 heteroatoms. The summed E-state index contributed by atoms with van der Waals surface area (Å²) in [7, 11) is 0. The van der Waals surface area contributed by atoms with Crippen molar-refractivity contribution in [1.29, 1.82) is 0 Å². The Morgan fingerprint density at radius 3 is 2.04 bits per heavy atom. The minimum Gasteiger partial charge on any atom is -0.461 e. The van der Waals surface area contributed by atoms with Gasteiger partial charge in [0.2, 0.25) is 0 Å². The van der Waals surface area contributed by atoms with Crippen molar-refractivity contribution >= 4 is 23.6 Å². The maximum absolute atomic E-state index is 12.5. The Bertz CT molecular complexity index is 950. The van der Waals surface area contributed by atoms with Crippen LogP contribution in [0.15, 0.2) is 71.1 Å². The van der Waals surface area contributed by atoms with Crippen LogP contribution in [0.5, 0.6) is 0 Å². The fourth-order valence-electron chi connectivity index (χ4n) is 2.56. The van der Waals surface area contributed by atoms with Crippen molar-refractivity contribution in [2.24, 2.45) is 0 Å². The Hall–Kier alpha value is -3.40. The molecule has 1 aromatic heterocycles. The normalized spacial score (nSPS) is 11.2. The van der Waals surface area contributed by atoms with Crippen LogP contribution in [0.25, 0.3) is 11.8 Å². The van der Waals surface area contributed by atoms with E-state index in [-0.39, 0.29) is 5.78 Å². The third-order valence-corrected chi connectivity index (χ3v) is 3.86. The lowest BCUT2D eigenvalue weighted by Crippen LogP contribution is -2.04. The molecule has 3 aromatic rings. The molecule has 0 spiro atoms. The number of ketones is 1. The summed E-state index contributed by atoms with van der Waals surface area (Å²) in [6, 6.07) is 19.7. The molecule has 0 aliphatic heterocycles. The van der Waals surface area contributed by atoms with E-state index < -0.39 is 5.97 Å². The largest absolute Gasteiger partial charge is 0.461 e. The number of Topliss-reactive ketones (excluding diaryl/α,β-unsaturated/α-hetero) is 1. The lowest BCUT2D eigenvalue weighted by Gasteiger charge is -2.09. The van der Waals surface area contributed by atoms with E-state index in [1.54, 1.807) is 43.3 Å². The summed E-state index contributed by atoms with van der Waals surface area (Å²) >= 11 is 0. The van der Waals surface area contributed by atoms with Crippen molar-refractivity contribution in [3.05, 3.63) is 94.9 Å². The van der Waals surface area contributed by atoms with Crippen LogP contribution >= 0.6 is 0 Å². The number of esters is 1. The first-order valence-corrected chi connectivity index (χ1v) is 8.20. The first-order valence-electron chi connectivity index (χ1n) is 8.20. The maximum atomic E-state index is 12.5. The monoisotopic (exact) mass is 346 g/mol. The lowest BCUT2D eigenvalue weighted by atomic mass is 10.1. The molecule has 0 aliphatic carbocycles. The van der Waals surface area contributed by atoms with Gasteiger partial charge in [0, 0.05) is 11.6 Å². The Morgan fingerprint density at radius 1 is 0.923 bits per heavy atom. The predicted molar refractivity (Wildman–Crippen MR) is 99.6 cm³/mol. The summed E-state index contributed by atoms with van der Waals surface area (Å²) in [5.74, 6) is 0.797. The average molecular weight is 346 g/mol. The number of carbonyl (C=O) groups is 2. The van der Waals surface area contributed by atoms with E-state index in [4.69, 9.17) is 9.15 Å². The number of hydrogen-bond donors (Lipinski definition) is 0. The highest BCUT2D eigenvalue weighted by Crippen LogP contribution is 2.24. The highest BCUT2D eigenvalue weighted by Gasteiger charge is 2.15. The molecule has 0 fully saturated rings. The molecule has 0 atom stereocenters. The van der Waals surface area contributed by atoms with Crippen molar-refractivity contribution in [1.82, 2.24) is 0 Å². The SMILES string of the molecule is CC(=O)c1cc(/C=C(/OC(=O)c2ccccc2)c2ccccc2)oc1C. The highest BCUT2D eigenvalue weighted by molar-refractivity contribution is 5.97. The number of benzene rings is 2. The van der Waals surface area contributed by atoms with E-state index in [1.807, 2.05) is 36.4 Å². The van der Waals surface area contributed by atoms with Crippen LogP contribution in [-0.4, -0.2) is 11.8 Å². The van der Waals surface area contributed by atoms with Gasteiger partial charge in [-0.25, -0.2) is 4.79 Å².